The smallest absolute Gasteiger partial charge is 0.255 e. The van der Waals surface area contributed by atoms with Crippen molar-refractivity contribution in [1.29, 1.82) is 0 Å². The number of carbonyl (C=O) groups is 1. The van der Waals surface area contributed by atoms with E-state index in [2.05, 4.69) is 35.1 Å². The molecule has 1 aliphatic heterocycles. The molecule has 0 spiro atoms. The zero-order valence-corrected chi connectivity index (χ0v) is 14.2. The van der Waals surface area contributed by atoms with Gasteiger partial charge in [-0.15, -0.1) is 0 Å². The van der Waals surface area contributed by atoms with Crippen LogP contribution in [0, 0.1) is 0 Å². The van der Waals surface area contributed by atoms with Crippen molar-refractivity contribution in [3.8, 4) is 0 Å². The molecular weight excluding hydrogens is 340 g/mol. The number of carbonyl (C=O) groups excluding carboxylic acids is 1. The van der Waals surface area contributed by atoms with Gasteiger partial charge in [-0.2, -0.15) is 0 Å². The van der Waals surface area contributed by atoms with Gasteiger partial charge in [0, 0.05) is 34.7 Å². The summed E-state index contributed by atoms with van der Waals surface area (Å²) in [5.41, 5.74) is 0.646. The summed E-state index contributed by atoms with van der Waals surface area (Å²) in [6, 6.07) is 5.97. The lowest BCUT2D eigenvalue weighted by Gasteiger charge is -2.40. The van der Waals surface area contributed by atoms with E-state index in [-0.39, 0.29) is 11.9 Å². The summed E-state index contributed by atoms with van der Waals surface area (Å²) < 4.78 is 0.799. The Morgan fingerprint density at radius 2 is 2.20 bits per heavy atom. The summed E-state index contributed by atoms with van der Waals surface area (Å²) in [5.74, 6) is 0.0613. The molecule has 5 heteroatoms. The SMILES string of the molecule is CCC1CN(C(=O)c2cc(Cl)ccc2Br)C(CC)CN1. The molecule has 3 nitrogen and oxygen atoms in total. The molecule has 1 aromatic rings. The molecule has 0 bridgehead atoms. The van der Waals surface area contributed by atoms with Gasteiger partial charge >= 0.3 is 0 Å². The Balaban J connectivity index is 2.26. The predicted molar refractivity (Wildman–Crippen MR) is 86.3 cm³/mol. The van der Waals surface area contributed by atoms with Crippen LogP contribution in [0.4, 0.5) is 0 Å². The van der Waals surface area contributed by atoms with E-state index in [9.17, 15) is 4.79 Å². The molecule has 0 radical (unpaired) electrons. The van der Waals surface area contributed by atoms with Crippen LogP contribution in [0.5, 0.6) is 0 Å². The van der Waals surface area contributed by atoms with Gasteiger partial charge in [0.05, 0.1) is 5.56 Å². The summed E-state index contributed by atoms with van der Waals surface area (Å²) in [6.07, 6.45) is 1.98. The zero-order chi connectivity index (χ0) is 14.7. The minimum atomic E-state index is 0.0613. The molecule has 0 saturated carbocycles. The first kappa shape index (κ1) is 15.8. The lowest BCUT2D eigenvalue weighted by atomic mass is 10.0. The minimum absolute atomic E-state index is 0.0613. The average Bonchev–Trinajstić information content (AvgIpc) is 2.48. The molecule has 0 aromatic heterocycles. The third kappa shape index (κ3) is 3.35. The van der Waals surface area contributed by atoms with Crippen LogP contribution in [-0.4, -0.2) is 36.0 Å². The van der Waals surface area contributed by atoms with Gasteiger partial charge in [0.25, 0.3) is 5.91 Å². The summed E-state index contributed by atoms with van der Waals surface area (Å²) in [4.78, 5) is 14.8. The average molecular weight is 360 g/mol. The first-order chi connectivity index (χ1) is 9.56. The second-order valence-corrected chi connectivity index (χ2v) is 6.45. The van der Waals surface area contributed by atoms with Gasteiger partial charge in [-0.25, -0.2) is 0 Å². The van der Waals surface area contributed by atoms with Crippen LogP contribution in [0.1, 0.15) is 37.0 Å². The van der Waals surface area contributed by atoms with Gasteiger partial charge in [0.1, 0.15) is 0 Å². The second-order valence-electron chi connectivity index (χ2n) is 5.16. The number of halogens is 2. The molecule has 0 aliphatic carbocycles. The fraction of sp³-hybridized carbons (Fsp3) is 0.533. The van der Waals surface area contributed by atoms with Crippen LogP contribution < -0.4 is 5.32 Å². The van der Waals surface area contributed by atoms with E-state index >= 15 is 0 Å². The van der Waals surface area contributed by atoms with Crippen LogP contribution in [0.2, 0.25) is 5.02 Å². The molecule has 1 saturated heterocycles. The molecule has 1 fully saturated rings. The molecular formula is C15H20BrClN2O. The fourth-order valence-corrected chi connectivity index (χ4v) is 3.16. The Kier molecular flexibility index (Phi) is 5.47. The van der Waals surface area contributed by atoms with Crippen LogP contribution in [0.25, 0.3) is 0 Å². The van der Waals surface area contributed by atoms with Gasteiger partial charge in [0.15, 0.2) is 0 Å². The molecule has 20 heavy (non-hydrogen) atoms. The first-order valence-corrected chi connectivity index (χ1v) is 8.23. The molecule has 1 amide bonds. The third-order valence-electron chi connectivity index (χ3n) is 3.88. The van der Waals surface area contributed by atoms with Crippen molar-refractivity contribution in [2.24, 2.45) is 0 Å². The highest BCUT2D eigenvalue weighted by atomic mass is 79.9. The summed E-state index contributed by atoms with van der Waals surface area (Å²) in [5, 5.41) is 4.09. The quantitative estimate of drug-likeness (QED) is 0.892. The molecule has 2 rings (SSSR count). The number of hydrogen-bond donors (Lipinski definition) is 1. The van der Waals surface area contributed by atoms with Crippen molar-refractivity contribution in [2.45, 2.75) is 38.8 Å². The van der Waals surface area contributed by atoms with Crippen molar-refractivity contribution in [1.82, 2.24) is 10.2 Å². The standard InChI is InChI=1S/C15H20BrClN2O/c1-3-11-9-19(12(4-2)8-18-11)15(20)13-7-10(17)5-6-14(13)16/h5-7,11-12,18H,3-4,8-9H2,1-2H3. The van der Waals surface area contributed by atoms with Gasteiger partial charge in [-0.1, -0.05) is 25.4 Å². The maximum Gasteiger partial charge on any atom is 0.255 e. The van der Waals surface area contributed by atoms with E-state index < -0.39 is 0 Å². The molecule has 2 unspecified atom stereocenters. The Morgan fingerprint density at radius 1 is 1.45 bits per heavy atom. The molecule has 2 atom stereocenters. The largest absolute Gasteiger partial charge is 0.333 e. The normalized spacial score (nSPS) is 22.9. The van der Waals surface area contributed by atoms with E-state index in [1.165, 1.54) is 0 Å². The molecule has 1 heterocycles. The summed E-state index contributed by atoms with van der Waals surface area (Å²) in [6.45, 7) is 5.87. The van der Waals surface area contributed by atoms with Crippen LogP contribution >= 0.6 is 27.5 Å². The lowest BCUT2D eigenvalue weighted by Crippen LogP contribution is -2.57. The van der Waals surface area contributed by atoms with Crippen molar-refractivity contribution in [2.75, 3.05) is 13.1 Å². The van der Waals surface area contributed by atoms with Crippen molar-refractivity contribution in [3.05, 3.63) is 33.3 Å². The van der Waals surface area contributed by atoms with Crippen molar-refractivity contribution >= 4 is 33.4 Å². The van der Waals surface area contributed by atoms with Gasteiger partial charge < -0.3 is 10.2 Å². The Morgan fingerprint density at radius 3 is 2.85 bits per heavy atom. The van der Waals surface area contributed by atoms with Crippen LogP contribution in [0.15, 0.2) is 22.7 Å². The van der Waals surface area contributed by atoms with Crippen molar-refractivity contribution < 1.29 is 4.79 Å². The zero-order valence-electron chi connectivity index (χ0n) is 11.8. The topological polar surface area (TPSA) is 32.3 Å². The van der Waals surface area contributed by atoms with E-state index in [1.807, 2.05) is 11.0 Å². The van der Waals surface area contributed by atoms with E-state index in [4.69, 9.17) is 11.6 Å². The molecule has 110 valence electrons. The van der Waals surface area contributed by atoms with Gasteiger partial charge in [-0.3, -0.25) is 4.79 Å². The van der Waals surface area contributed by atoms with Crippen LogP contribution in [0.3, 0.4) is 0 Å². The first-order valence-electron chi connectivity index (χ1n) is 7.06. The maximum absolute atomic E-state index is 12.8. The number of amides is 1. The minimum Gasteiger partial charge on any atom is -0.333 e. The van der Waals surface area contributed by atoms with E-state index in [0.717, 1.165) is 30.4 Å². The Bertz CT molecular complexity index is 495. The highest BCUT2D eigenvalue weighted by Gasteiger charge is 2.30. The number of benzene rings is 1. The van der Waals surface area contributed by atoms with Gasteiger partial charge in [0.2, 0.25) is 0 Å². The van der Waals surface area contributed by atoms with E-state index in [0.29, 0.717) is 16.6 Å². The summed E-state index contributed by atoms with van der Waals surface area (Å²) in [7, 11) is 0. The predicted octanol–water partition coefficient (Wildman–Crippen LogP) is 3.71. The number of rotatable bonds is 3. The van der Waals surface area contributed by atoms with Crippen LogP contribution in [-0.2, 0) is 0 Å². The Hall–Kier alpha value is -0.580. The number of piperazine rings is 1. The monoisotopic (exact) mass is 358 g/mol. The number of nitrogens with one attached hydrogen (secondary N) is 1. The number of hydrogen-bond acceptors (Lipinski definition) is 2. The highest BCUT2D eigenvalue weighted by molar-refractivity contribution is 9.10. The van der Waals surface area contributed by atoms with E-state index in [1.54, 1.807) is 12.1 Å². The third-order valence-corrected chi connectivity index (χ3v) is 4.81. The summed E-state index contributed by atoms with van der Waals surface area (Å²) >= 11 is 9.47. The fourth-order valence-electron chi connectivity index (χ4n) is 2.57. The molecule has 1 N–H and O–H groups in total. The lowest BCUT2D eigenvalue weighted by molar-refractivity contribution is 0.0575. The highest BCUT2D eigenvalue weighted by Crippen LogP contribution is 2.25. The van der Waals surface area contributed by atoms with Gasteiger partial charge in [-0.05, 0) is 47.0 Å². The molecule has 1 aliphatic rings. The maximum atomic E-state index is 12.8. The second kappa shape index (κ2) is 6.92. The molecule has 1 aromatic carbocycles. The van der Waals surface area contributed by atoms with Crippen molar-refractivity contribution in [3.63, 3.8) is 0 Å². The number of nitrogens with zero attached hydrogens (tertiary/aromatic N) is 1. The Labute approximate surface area is 133 Å².